The number of rotatable bonds is 8. The molecule has 3 rings (SSSR count). The van der Waals surface area contributed by atoms with E-state index in [1.807, 2.05) is 37.3 Å². The lowest BCUT2D eigenvalue weighted by Crippen LogP contribution is -2.35. The number of carbonyl (C=O) groups is 1. The van der Waals surface area contributed by atoms with Crippen molar-refractivity contribution in [3.05, 3.63) is 59.7 Å². The third-order valence-corrected chi connectivity index (χ3v) is 13.6. The zero-order chi connectivity index (χ0) is 21.9. The quantitative estimate of drug-likeness (QED) is 0.485. The molecule has 2 aromatic rings. The molecule has 9 heteroatoms. The lowest BCUT2D eigenvalue weighted by Gasteiger charge is -2.44. The van der Waals surface area contributed by atoms with Crippen LogP contribution >= 0.6 is 10.0 Å². The van der Waals surface area contributed by atoms with E-state index in [4.69, 9.17) is 0 Å². The van der Waals surface area contributed by atoms with Gasteiger partial charge in [-0.25, -0.2) is 23.2 Å². The molecule has 0 saturated carbocycles. The van der Waals surface area contributed by atoms with Gasteiger partial charge < -0.3 is 15.5 Å². The standard InChI is InChI=1S/C21H28N2O5S2/c1-3-12-29(4-2)19(14-22-20(29)15-8-6-5-7-9-15)30(27,28)23-18-13-16(24)10-11-17(18)21(25)26/h5-11,13,19-20,22-24H,3-4,12,14H2,1-2H3,(H,25,26). The predicted octanol–water partition coefficient (Wildman–Crippen LogP) is 3.69. The smallest absolute Gasteiger partial charge is 0.337 e. The summed E-state index contributed by atoms with van der Waals surface area (Å²) in [7, 11) is -5.59. The first kappa shape index (κ1) is 22.5. The molecule has 1 aliphatic heterocycles. The highest BCUT2D eigenvalue weighted by Crippen LogP contribution is 2.67. The first-order chi connectivity index (χ1) is 14.2. The van der Waals surface area contributed by atoms with E-state index in [1.54, 1.807) is 0 Å². The Hall–Kier alpha value is -2.23. The number of nitrogens with one attached hydrogen (secondary N) is 2. The van der Waals surface area contributed by atoms with Gasteiger partial charge in [0.05, 0.1) is 16.6 Å². The minimum atomic E-state index is -3.92. The third-order valence-electron chi connectivity index (χ3n) is 5.52. The molecule has 1 aliphatic rings. The van der Waals surface area contributed by atoms with Gasteiger partial charge in [-0.15, -0.1) is 0 Å². The lowest BCUT2D eigenvalue weighted by molar-refractivity contribution is 0.0698. The number of phenols is 1. The third kappa shape index (κ3) is 4.14. The molecule has 0 bridgehead atoms. The highest BCUT2D eigenvalue weighted by Gasteiger charge is 2.50. The van der Waals surface area contributed by atoms with E-state index < -0.39 is 30.6 Å². The molecule has 30 heavy (non-hydrogen) atoms. The van der Waals surface area contributed by atoms with Crippen LogP contribution in [0.3, 0.4) is 0 Å². The van der Waals surface area contributed by atoms with Crippen molar-refractivity contribution in [3.8, 4) is 5.75 Å². The van der Waals surface area contributed by atoms with Crippen molar-refractivity contribution in [1.82, 2.24) is 5.32 Å². The Labute approximate surface area is 178 Å². The van der Waals surface area contributed by atoms with Crippen LogP contribution in [0.1, 0.15) is 41.6 Å². The summed E-state index contributed by atoms with van der Waals surface area (Å²) in [5.74, 6) is 0.0484. The number of hydrogen-bond donors (Lipinski definition) is 4. The van der Waals surface area contributed by atoms with Gasteiger partial charge in [-0.3, -0.25) is 4.72 Å². The van der Waals surface area contributed by atoms with E-state index in [-0.39, 0.29) is 22.4 Å². The molecule has 0 spiro atoms. The van der Waals surface area contributed by atoms with Gasteiger partial charge in [0, 0.05) is 12.6 Å². The predicted molar refractivity (Wildman–Crippen MR) is 122 cm³/mol. The number of aromatic hydroxyl groups is 1. The fourth-order valence-electron chi connectivity index (χ4n) is 4.21. The van der Waals surface area contributed by atoms with Gasteiger partial charge in [0.2, 0.25) is 10.0 Å². The van der Waals surface area contributed by atoms with Crippen molar-refractivity contribution in [2.45, 2.75) is 30.2 Å². The Morgan fingerprint density at radius 3 is 2.50 bits per heavy atom. The van der Waals surface area contributed by atoms with Crippen molar-refractivity contribution in [1.29, 1.82) is 0 Å². The molecule has 4 N–H and O–H groups in total. The molecule has 2 aromatic carbocycles. The van der Waals surface area contributed by atoms with Crippen molar-refractivity contribution < 1.29 is 23.4 Å². The number of carboxylic acids is 1. The molecule has 0 aromatic heterocycles. The molecule has 164 valence electrons. The SMILES string of the molecule is CCCS1(CC)C(c2ccccc2)NCC1S(=O)(=O)Nc1cc(O)ccc1C(=O)O. The molecule has 0 aliphatic carbocycles. The van der Waals surface area contributed by atoms with Crippen LogP contribution < -0.4 is 10.0 Å². The average molecular weight is 453 g/mol. The Kier molecular flexibility index (Phi) is 6.64. The Morgan fingerprint density at radius 1 is 1.20 bits per heavy atom. The summed E-state index contributed by atoms with van der Waals surface area (Å²) < 4.78 is 28.8. The highest BCUT2D eigenvalue weighted by molar-refractivity contribution is 8.39. The van der Waals surface area contributed by atoms with Gasteiger partial charge in [0.1, 0.15) is 10.3 Å². The Bertz CT molecular complexity index is 1010. The summed E-state index contributed by atoms with van der Waals surface area (Å²) in [5.41, 5.74) is 0.755. The number of sulfonamides is 1. The number of benzene rings is 2. The molecular formula is C21H28N2O5S2. The van der Waals surface area contributed by atoms with Crippen LogP contribution in [0, 0.1) is 0 Å². The van der Waals surface area contributed by atoms with Crippen LogP contribution in [-0.4, -0.2) is 47.2 Å². The normalized spacial score (nSPS) is 26.1. The zero-order valence-electron chi connectivity index (χ0n) is 17.0. The van der Waals surface area contributed by atoms with Crippen LogP contribution in [0.15, 0.2) is 48.5 Å². The summed E-state index contributed by atoms with van der Waals surface area (Å²) in [6, 6.07) is 13.4. The monoisotopic (exact) mass is 452 g/mol. The van der Waals surface area contributed by atoms with Crippen LogP contribution in [0.4, 0.5) is 5.69 Å². The van der Waals surface area contributed by atoms with E-state index in [2.05, 4.69) is 17.0 Å². The van der Waals surface area contributed by atoms with Crippen molar-refractivity contribution in [3.63, 3.8) is 0 Å². The molecular weight excluding hydrogens is 424 g/mol. The maximum Gasteiger partial charge on any atom is 0.337 e. The van der Waals surface area contributed by atoms with Gasteiger partial charge in [0.15, 0.2) is 0 Å². The van der Waals surface area contributed by atoms with Gasteiger partial charge in [-0.1, -0.05) is 44.2 Å². The van der Waals surface area contributed by atoms with Crippen molar-refractivity contribution in [2.24, 2.45) is 0 Å². The van der Waals surface area contributed by atoms with Crippen LogP contribution in [-0.2, 0) is 10.0 Å². The number of aromatic carboxylic acids is 1. The van der Waals surface area contributed by atoms with E-state index in [0.717, 1.165) is 29.6 Å². The van der Waals surface area contributed by atoms with Crippen LogP contribution in [0.5, 0.6) is 5.75 Å². The molecule has 1 saturated heterocycles. The van der Waals surface area contributed by atoms with Gasteiger partial charge in [-0.2, -0.15) is 0 Å². The van der Waals surface area contributed by atoms with Gasteiger partial charge in [-0.05, 0) is 35.6 Å². The molecule has 3 atom stereocenters. The molecule has 0 amide bonds. The van der Waals surface area contributed by atoms with E-state index in [9.17, 15) is 23.4 Å². The fourth-order valence-corrected chi connectivity index (χ4v) is 12.4. The molecule has 3 unspecified atom stereocenters. The van der Waals surface area contributed by atoms with E-state index in [1.165, 1.54) is 12.1 Å². The topological polar surface area (TPSA) is 116 Å². The summed E-state index contributed by atoms with van der Waals surface area (Å²) in [4.78, 5) is 11.5. The first-order valence-corrected chi connectivity index (χ1v) is 13.5. The Balaban J connectivity index is 2.03. The number of hydrogen-bond acceptors (Lipinski definition) is 5. The minimum Gasteiger partial charge on any atom is -0.508 e. The maximum absolute atomic E-state index is 13.5. The first-order valence-electron chi connectivity index (χ1n) is 9.88. The molecule has 1 heterocycles. The molecule has 1 fully saturated rings. The highest BCUT2D eigenvalue weighted by atomic mass is 32.3. The van der Waals surface area contributed by atoms with Crippen molar-refractivity contribution in [2.75, 3.05) is 22.8 Å². The second-order valence-corrected chi connectivity index (χ2v) is 13.5. The largest absolute Gasteiger partial charge is 0.508 e. The maximum atomic E-state index is 13.5. The summed E-state index contributed by atoms with van der Waals surface area (Å²) in [6.07, 6.45) is 0.854. The number of phenolic OH excluding ortho intramolecular Hbond substituents is 1. The van der Waals surface area contributed by atoms with Gasteiger partial charge in [0.25, 0.3) is 0 Å². The second-order valence-electron chi connectivity index (χ2n) is 7.31. The number of anilines is 1. The summed E-state index contributed by atoms with van der Waals surface area (Å²) >= 11 is 0. The minimum absolute atomic E-state index is 0.0478. The second kappa shape index (κ2) is 8.87. The molecule has 7 nitrogen and oxygen atoms in total. The lowest BCUT2D eigenvalue weighted by atomic mass is 10.2. The fraction of sp³-hybridized carbons (Fsp3) is 0.381. The Morgan fingerprint density at radius 2 is 1.90 bits per heavy atom. The van der Waals surface area contributed by atoms with Crippen LogP contribution in [0.2, 0.25) is 0 Å². The summed E-state index contributed by atoms with van der Waals surface area (Å²) in [6.45, 7) is 4.38. The molecule has 0 radical (unpaired) electrons. The van der Waals surface area contributed by atoms with Crippen molar-refractivity contribution >= 4 is 31.7 Å². The van der Waals surface area contributed by atoms with E-state index in [0.29, 0.717) is 6.54 Å². The summed E-state index contributed by atoms with van der Waals surface area (Å²) in [5, 5.41) is 22.6. The number of carboxylic acid groups (broad SMARTS) is 1. The van der Waals surface area contributed by atoms with Crippen LogP contribution in [0.25, 0.3) is 0 Å². The zero-order valence-corrected chi connectivity index (χ0v) is 18.7. The average Bonchev–Trinajstić information content (AvgIpc) is 3.09. The van der Waals surface area contributed by atoms with E-state index >= 15 is 0 Å². The van der Waals surface area contributed by atoms with Gasteiger partial charge >= 0.3 is 5.97 Å².